The molecule has 0 aliphatic carbocycles. The third-order valence-corrected chi connectivity index (χ3v) is 1.90. The predicted molar refractivity (Wildman–Crippen MR) is 60.6 cm³/mol. The van der Waals surface area contributed by atoms with Crippen LogP contribution in [0.3, 0.4) is 0 Å². The van der Waals surface area contributed by atoms with Gasteiger partial charge in [0, 0.05) is 25.6 Å². The Kier molecular flexibility index (Phi) is 5.28. The number of hydrogen-bond donors (Lipinski definition) is 1. The third-order valence-electron chi connectivity index (χ3n) is 1.90. The Bertz CT molecular complexity index is 352. The molecule has 1 aromatic heterocycles. The number of methoxy groups -OCH3 is 1. The molecular formula is C12H16N2O. The number of ether oxygens (including phenoxy) is 1. The van der Waals surface area contributed by atoms with E-state index in [1.807, 2.05) is 25.1 Å². The van der Waals surface area contributed by atoms with E-state index >= 15 is 0 Å². The summed E-state index contributed by atoms with van der Waals surface area (Å²) in [7, 11) is 1.62. The van der Waals surface area contributed by atoms with Gasteiger partial charge in [-0.3, -0.25) is 0 Å². The van der Waals surface area contributed by atoms with Gasteiger partial charge in [-0.1, -0.05) is 6.07 Å². The molecule has 0 saturated heterocycles. The van der Waals surface area contributed by atoms with Crippen LogP contribution in [0.2, 0.25) is 0 Å². The average Bonchev–Trinajstić information content (AvgIpc) is 2.29. The monoisotopic (exact) mass is 204 g/mol. The minimum absolute atomic E-state index is 0.655. The van der Waals surface area contributed by atoms with Crippen molar-refractivity contribution < 1.29 is 4.74 Å². The minimum Gasteiger partial charge on any atom is -0.481 e. The van der Waals surface area contributed by atoms with E-state index in [1.54, 1.807) is 7.11 Å². The second kappa shape index (κ2) is 6.86. The topological polar surface area (TPSA) is 34.1 Å². The maximum Gasteiger partial charge on any atom is 0.213 e. The van der Waals surface area contributed by atoms with Gasteiger partial charge in [0.1, 0.15) is 0 Å². The number of nitrogens with zero attached hydrogens (tertiary/aromatic N) is 1. The van der Waals surface area contributed by atoms with Crippen LogP contribution >= 0.6 is 0 Å². The van der Waals surface area contributed by atoms with E-state index in [-0.39, 0.29) is 0 Å². The Hall–Kier alpha value is -1.53. The molecule has 3 heteroatoms. The fourth-order valence-electron chi connectivity index (χ4n) is 1.16. The molecule has 0 saturated carbocycles. The van der Waals surface area contributed by atoms with Crippen molar-refractivity contribution in [1.82, 2.24) is 10.3 Å². The van der Waals surface area contributed by atoms with Crippen LogP contribution in [0.25, 0.3) is 0 Å². The zero-order chi connectivity index (χ0) is 10.9. The molecule has 0 spiro atoms. The number of aromatic nitrogens is 1. The lowest BCUT2D eigenvalue weighted by Gasteiger charge is -2.03. The van der Waals surface area contributed by atoms with Crippen LogP contribution in [0.1, 0.15) is 19.0 Å². The summed E-state index contributed by atoms with van der Waals surface area (Å²) in [5, 5.41) is 3.27. The highest BCUT2D eigenvalue weighted by molar-refractivity contribution is 5.15. The van der Waals surface area contributed by atoms with Gasteiger partial charge in [-0.2, -0.15) is 0 Å². The molecule has 0 bridgehead atoms. The zero-order valence-electron chi connectivity index (χ0n) is 9.21. The SMILES string of the molecule is CC#CCCNCc1cccc(OC)n1. The van der Waals surface area contributed by atoms with Crippen molar-refractivity contribution >= 4 is 0 Å². The van der Waals surface area contributed by atoms with Crippen LogP contribution in [-0.4, -0.2) is 18.6 Å². The molecule has 1 rings (SSSR count). The van der Waals surface area contributed by atoms with Crippen LogP contribution in [0.15, 0.2) is 18.2 Å². The maximum atomic E-state index is 5.04. The second-order valence-electron chi connectivity index (χ2n) is 3.02. The molecule has 0 aliphatic rings. The molecule has 1 N–H and O–H groups in total. The Morgan fingerprint density at radius 3 is 3.07 bits per heavy atom. The predicted octanol–water partition coefficient (Wildman–Crippen LogP) is 1.59. The first-order chi connectivity index (χ1) is 7.36. The molecule has 0 aromatic carbocycles. The van der Waals surface area contributed by atoms with Crippen molar-refractivity contribution in [3.63, 3.8) is 0 Å². The van der Waals surface area contributed by atoms with Gasteiger partial charge in [0.15, 0.2) is 0 Å². The molecule has 1 heterocycles. The Balaban J connectivity index is 2.32. The summed E-state index contributed by atoms with van der Waals surface area (Å²) < 4.78 is 5.04. The number of nitrogens with one attached hydrogen (secondary N) is 1. The Morgan fingerprint density at radius 2 is 2.33 bits per heavy atom. The van der Waals surface area contributed by atoms with Crippen LogP contribution < -0.4 is 10.1 Å². The molecule has 0 amide bonds. The fourth-order valence-corrected chi connectivity index (χ4v) is 1.16. The van der Waals surface area contributed by atoms with Gasteiger partial charge < -0.3 is 10.1 Å². The largest absolute Gasteiger partial charge is 0.481 e. The van der Waals surface area contributed by atoms with Gasteiger partial charge >= 0.3 is 0 Å². The molecular weight excluding hydrogens is 188 g/mol. The van der Waals surface area contributed by atoms with Crippen LogP contribution in [0.5, 0.6) is 5.88 Å². The fraction of sp³-hybridized carbons (Fsp3) is 0.417. The second-order valence-corrected chi connectivity index (χ2v) is 3.02. The lowest BCUT2D eigenvalue weighted by molar-refractivity contribution is 0.395. The lowest BCUT2D eigenvalue weighted by atomic mass is 10.3. The van der Waals surface area contributed by atoms with Crippen molar-refractivity contribution in [3.8, 4) is 17.7 Å². The Morgan fingerprint density at radius 1 is 1.47 bits per heavy atom. The van der Waals surface area contributed by atoms with E-state index in [0.717, 1.165) is 25.2 Å². The molecule has 15 heavy (non-hydrogen) atoms. The molecule has 1 aromatic rings. The van der Waals surface area contributed by atoms with E-state index in [9.17, 15) is 0 Å². The lowest BCUT2D eigenvalue weighted by Crippen LogP contribution is -2.15. The van der Waals surface area contributed by atoms with E-state index in [1.165, 1.54) is 0 Å². The third kappa shape index (κ3) is 4.48. The van der Waals surface area contributed by atoms with Crippen LogP contribution in [0.4, 0.5) is 0 Å². The van der Waals surface area contributed by atoms with Gasteiger partial charge in [-0.25, -0.2) is 4.98 Å². The van der Waals surface area contributed by atoms with Gasteiger partial charge in [-0.15, -0.1) is 11.8 Å². The molecule has 0 aliphatic heterocycles. The summed E-state index contributed by atoms with van der Waals surface area (Å²) in [6, 6.07) is 5.75. The van der Waals surface area contributed by atoms with Crippen LogP contribution in [0, 0.1) is 11.8 Å². The number of pyridine rings is 1. The molecule has 0 atom stereocenters. The van der Waals surface area contributed by atoms with Gasteiger partial charge in [-0.05, 0) is 13.0 Å². The van der Waals surface area contributed by atoms with Crippen molar-refractivity contribution in [2.24, 2.45) is 0 Å². The highest BCUT2D eigenvalue weighted by Gasteiger charge is 1.96. The number of hydrogen-bond acceptors (Lipinski definition) is 3. The Labute approximate surface area is 90.9 Å². The number of rotatable bonds is 5. The van der Waals surface area contributed by atoms with Crippen molar-refractivity contribution in [2.45, 2.75) is 19.9 Å². The standard InChI is InChI=1S/C12H16N2O/c1-3-4-5-9-13-10-11-7-6-8-12(14-11)15-2/h6-8,13H,5,9-10H2,1-2H3. The van der Waals surface area contributed by atoms with Crippen molar-refractivity contribution in [2.75, 3.05) is 13.7 Å². The minimum atomic E-state index is 0.655. The highest BCUT2D eigenvalue weighted by atomic mass is 16.5. The van der Waals surface area contributed by atoms with Gasteiger partial charge in [0.25, 0.3) is 0 Å². The summed E-state index contributed by atoms with van der Waals surface area (Å²) in [5.74, 6) is 6.51. The quantitative estimate of drug-likeness (QED) is 0.584. The molecule has 0 radical (unpaired) electrons. The van der Waals surface area contributed by atoms with E-state index in [4.69, 9.17) is 4.74 Å². The first-order valence-corrected chi connectivity index (χ1v) is 4.97. The first kappa shape index (κ1) is 11.5. The molecule has 0 fully saturated rings. The van der Waals surface area contributed by atoms with Crippen molar-refractivity contribution in [1.29, 1.82) is 0 Å². The summed E-state index contributed by atoms with van der Waals surface area (Å²) in [6.45, 7) is 3.49. The van der Waals surface area contributed by atoms with Crippen molar-refractivity contribution in [3.05, 3.63) is 23.9 Å². The average molecular weight is 204 g/mol. The summed E-state index contributed by atoms with van der Waals surface area (Å²) in [4.78, 5) is 4.29. The first-order valence-electron chi connectivity index (χ1n) is 4.97. The zero-order valence-corrected chi connectivity index (χ0v) is 9.21. The normalized spacial score (nSPS) is 9.20. The summed E-state index contributed by atoms with van der Waals surface area (Å²) in [6.07, 6.45) is 0.875. The molecule has 80 valence electrons. The van der Waals surface area contributed by atoms with E-state index < -0.39 is 0 Å². The molecule has 3 nitrogen and oxygen atoms in total. The highest BCUT2D eigenvalue weighted by Crippen LogP contribution is 2.05. The van der Waals surface area contributed by atoms with Gasteiger partial charge in [0.05, 0.1) is 12.8 Å². The smallest absolute Gasteiger partial charge is 0.213 e. The summed E-state index contributed by atoms with van der Waals surface area (Å²) >= 11 is 0. The van der Waals surface area contributed by atoms with Crippen LogP contribution in [-0.2, 0) is 6.54 Å². The maximum absolute atomic E-state index is 5.04. The van der Waals surface area contributed by atoms with E-state index in [0.29, 0.717) is 5.88 Å². The van der Waals surface area contributed by atoms with Gasteiger partial charge in [0.2, 0.25) is 5.88 Å². The molecule has 0 unspecified atom stereocenters. The van der Waals surface area contributed by atoms with E-state index in [2.05, 4.69) is 22.1 Å². The summed E-state index contributed by atoms with van der Waals surface area (Å²) in [5.41, 5.74) is 0.985.